The molecule has 0 aliphatic heterocycles. The molecule has 0 saturated heterocycles. The van der Waals surface area contributed by atoms with Gasteiger partial charge in [0.2, 0.25) is 5.89 Å². The lowest BCUT2D eigenvalue weighted by Crippen LogP contribution is -2.39. The van der Waals surface area contributed by atoms with Crippen LogP contribution in [0, 0.1) is 13.8 Å². The zero-order chi connectivity index (χ0) is 17.6. The van der Waals surface area contributed by atoms with Crippen molar-refractivity contribution >= 4 is 56.6 Å². The van der Waals surface area contributed by atoms with Crippen LogP contribution in [0.3, 0.4) is 0 Å². The van der Waals surface area contributed by atoms with Gasteiger partial charge in [0.1, 0.15) is 5.76 Å². The summed E-state index contributed by atoms with van der Waals surface area (Å²) in [5.74, 6) is 2.21. The number of hydrogen-bond acceptors (Lipinski definition) is 6. The number of nitrogens with zero attached hydrogens (tertiary/aromatic N) is 3. The predicted octanol–water partition coefficient (Wildman–Crippen LogP) is 3.30. The minimum atomic E-state index is 0. The Kier molecular flexibility index (Phi) is 7.64. The van der Waals surface area contributed by atoms with E-state index in [-0.39, 0.29) is 24.0 Å². The van der Waals surface area contributed by atoms with Crippen molar-refractivity contribution in [3.05, 3.63) is 41.6 Å². The first-order chi connectivity index (χ1) is 12.2. The number of fused-ring (bicyclic) bond motifs is 1. The van der Waals surface area contributed by atoms with Crippen LogP contribution < -0.4 is 16.0 Å². The third kappa shape index (κ3) is 5.31. The van der Waals surface area contributed by atoms with Gasteiger partial charge in [-0.2, -0.15) is 0 Å². The van der Waals surface area contributed by atoms with Gasteiger partial charge in [0, 0.05) is 20.1 Å². The minimum Gasteiger partial charge on any atom is -0.444 e. The van der Waals surface area contributed by atoms with Gasteiger partial charge in [-0.3, -0.25) is 4.99 Å². The van der Waals surface area contributed by atoms with Crippen LogP contribution in [0.2, 0.25) is 0 Å². The van der Waals surface area contributed by atoms with E-state index in [2.05, 4.69) is 37.0 Å². The van der Waals surface area contributed by atoms with E-state index in [1.54, 1.807) is 18.4 Å². The van der Waals surface area contributed by atoms with E-state index in [1.165, 1.54) is 4.70 Å². The number of nitrogens with one attached hydrogen (secondary N) is 3. The number of oxazole rings is 1. The van der Waals surface area contributed by atoms with Crippen molar-refractivity contribution < 1.29 is 4.42 Å². The molecule has 0 aliphatic carbocycles. The van der Waals surface area contributed by atoms with Gasteiger partial charge < -0.3 is 20.4 Å². The minimum absolute atomic E-state index is 0. The van der Waals surface area contributed by atoms with Crippen LogP contribution >= 0.6 is 35.3 Å². The Bertz CT molecular complexity index is 823. The Labute approximate surface area is 173 Å². The standard InChI is InChI=1S/C17H22N6OS.HI/c1-11-12(2)24-15(22-11)10-21-16(18-3)19-8-9-20-17-23-13-6-4-5-7-14(13)25-17;/h4-7H,8-10H2,1-3H3,(H,20,23)(H2,18,19,21);1H. The summed E-state index contributed by atoms with van der Waals surface area (Å²) in [6.45, 7) is 5.81. The number of benzene rings is 1. The molecule has 3 rings (SSSR count). The highest BCUT2D eigenvalue weighted by atomic mass is 127. The maximum absolute atomic E-state index is 5.55. The molecule has 0 saturated carbocycles. The second-order valence-corrected chi connectivity index (χ2v) is 6.55. The van der Waals surface area contributed by atoms with Gasteiger partial charge in [-0.1, -0.05) is 23.5 Å². The van der Waals surface area contributed by atoms with Gasteiger partial charge in [-0.15, -0.1) is 24.0 Å². The van der Waals surface area contributed by atoms with Gasteiger partial charge in [0.05, 0.1) is 22.5 Å². The molecule has 0 radical (unpaired) electrons. The topological polar surface area (TPSA) is 87.4 Å². The summed E-state index contributed by atoms with van der Waals surface area (Å²) in [7, 11) is 1.74. The van der Waals surface area contributed by atoms with Crippen molar-refractivity contribution in [1.82, 2.24) is 20.6 Å². The van der Waals surface area contributed by atoms with Crippen molar-refractivity contribution in [3.8, 4) is 0 Å². The zero-order valence-corrected chi connectivity index (χ0v) is 18.1. The Morgan fingerprint density at radius 3 is 2.65 bits per heavy atom. The maximum Gasteiger partial charge on any atom is 0.214 e. The maximum atomic E-state index is 5.55. The number of aryl methyl sites for hydroxylation is 2. The first-order valence-electron chi connectivity index (χ1n) is 8.12. The molecule has 0 amide bonds. The van der Waals surface area contributed by atoms with E-state index >= 15 is 0 Å². The van der Waals surface area contributed by atoms with Crippen LogP contribution in [-0.4, -0.2) is 36.1 Å². The second kappa shape index (κ2) is 9.72. The monoisotopic (exact) mass is 486 g/mol. The molecule has 0 fully saturated rings. The van der Waals surface area contributed by atoms with Crippen LogP contribution in [0.4, 0.5) is 5.13 Å². The molecule has 140 valence electrons. The van der Waals surface area contributed by atoms with E-state index in [0.29, 0.717) is 18.4 Å². The Balaban J connectivity index is 0.00000243. The fourth-order valence-corrected chi connectivity index (χ4v) is 3.18. The molecule has 26 heavy (non-hydrogen) atoms. The molecule has 3 N–H and O–H groups in total. The second-order valence-electron chi connectivity index (χ2n) is 5.52. The molecule has 2 aromatic heterocycles. The number of thiazole rings is 1. The van der Waals surface area contributed by atoms with Crippen molar-refractivity contribution in [2.24, 2.45) is 4.99 Å². The largest absolute Gasteiger partial charge is 0.444 e. The lowest BCUT2D eigenvalue weighted by Gasteiger charge is -2.10. The number of aliphatic imine (C=N–C) groups is 1. The molecule has 7 nitrogen and oxygen atoms in total. The number of guanidine groups is 1. The lowest BCUT2D eigenvalue weighted by molar-refractivity contribution is 0.464. The predicted molar refractivity (Wildman–Crippen MR) is 118 cm³/mol. The number of aromatic nitrogens is 2. The van der Waals surface area contributed by atoms with Gasteiger partial charge in [-0.05, 0) is 26.0 Å². The summed E-state index contributed by atoms with van der Waals surface area (Å²) in [6.07, 6.45) is 0. The SMILES string of the molecule is CN=C(NCCNc1nc2ccccc2s1)NCc1nc(C)c(C)o1.I. The number of anilines is 1. The summed E-state index contributed by atoms with van der Waals surface area (Å²) >= 11 is 1.66. The van der Waals surface area contributed by atoms with Gasteiger partial charge in [0.15, 0.2) is 11.1 Å². The quantitative estimate of drug-likeness (QED) is 0.215. The number of halogens is 1. The summed E-state index contributed by atoms with van der Waals surface area (Å²) in [5.41, 5.74) is 1.94. The van der Waals surface area contributed by atoms with Gasteiger partial charge in [-0.25, -0.2) is 9.97 Å². The molecule has 0 aliphatic rings. The third-order valence-electron chi connectivity index (χ3n) is 3.69. The molecule has 1 aromatic carbocycles. The molecule has 0 spiro atoms. The summed E-state index contributed by atoms with van der Waals surface area (Å²) in [4.78, 5) is 13.1. The van der Waals surface area contributed by atoms with Crippen LogP contribution in [-0.2, 0) is 6.54 Å². The fraction of sp³-hybridized carbons (Fsp3) is 0.353. The van der Waals surface area contributed by atoms with Crippen molar-refractivity contribution in [2.75, 3.05) is 25.5 Å². The molecule has 9 heteroatoms. The van der Waals surface area contributed by atoms with E-state index in [1.807, 2.05) is 32.0 Å². The summed E-state index contributed by atoms with van der Waals surface area (Å²) < 4.78 is 6.73. The highest BCUT2D eigenvalue weighted by Crippen LogP contribution is 2.24. The first kappa shape index (κ1) is 20.4. The lowest BCUT2D eigenvalue weighted by atomic mass is 10.3. The Morgan fingerprint density at radius 2 is 1.96 bits per heavy atom. The van der Waals surface area contributed by atoms with E-state index in [4.69, 9.17) is 4.42 Å². The molecule has 0 unspecified atom stereocenters. The van der Waals surface area contributed by atoms with Crippen LogP contribution in [0.5, 0.6) is 0 Å². The molecule has 0 bridgehead atoms. The van der Waals surface area contributed by atoms with Crippen molar-refractivity contribution in [3.63, 3.8) is 0 Å². The summed E-state index contributed by atoms with van der Waals surface area (Å²) in [6, 6.07) is 8.12. The molecule has 2 heterocycles. The van der Waals surface area contributed by atoms with E-state index in [9.17, 15) is 0 Å². The first-order valence-corrected chi connectivity index (χ1v) is 8.94. The van der Waals surface area contributed by atoms with Crippen LogP contribution in [0.25, 0.3) is 10.2 Å². The number of rotatable bonds is 6. The van der Waals surface area contributed by atoms with Crippen molar-refractivity contribution in [2.45, 2.75) is 20.4 Å². The molecule has 0 atom stereocenters. The number of para-hydroxylation sites is 1. The molecular weight excluding hydrogens is 463 g/mol. The summed E-state index contributed by atoms with van der Waals surface area (Å²) in [5, 5.41) is 10.7. The normalized spacial score (nSPS) is 11.3. The third-order valence-corrected chi connectivity index (χ3v) is 4.69. The fourth-order valence-electron chi connectivity index (χ4n) is 2.29. The molecular formula is C17H23IN6OS. The average molecular weight is 486 g/mol. The van der Waals surface area contributed by atoms with Gasteiger partial charge >= 0.3 is 0 Å². The highest BCUT2D eigenvalue weighted by Gasteiger charge is 2.06. The Morgan fingerprint density at radius 1 is 1.15 bits per heavy atom. The van der Waals surface area contributed by atoms with E-state index in [0.717, 1.165) is 35.2 Å². The van der Waals surface area contributed by atoms with Crippen LogP contribution in [0.15, 0.2) is 33.7 Å². The number of hydrogen-bond donors (Lipinski definition) is 3. The molecule has 3 aromatic rings. The smallest absolute Gasteiger partial charge is 0.214 e. The Hall–Kier alpha value is -1.88. The van der Waals surface area contributed by atoms with Gasteiger partial charge in [0.25, 0.3) is 0 Å². The zero-order valence-electron chi connectivity index (χ0n) is 15.0. The average Bonchev–Trinajstić information content (AvgIpc) is 3.17. The van der Waals surface area contributed by atoms with Crippen molar-refractivity contribution in [1.29, 1.82) is 0 Å². The van der Waals surface area contributed by atoms with Crippen LogP contribution in [0.1, 0.15) is 17.3 Å². The van der Waals surface area contributed by atoms with E-state index < -0.39 is 0 Å². The highest BCUT2D eigenvalue weighted by molar-refractivity contribution is 14.0.